The number of benzene rings is 2. The molecule has 3 aromatic rings. The first-order valence-electron chi connectivity index (χ1n) is 9.76. The van der Waals surface area contributed by atoms with Crippen LogP contribution >= 0.6 is 11.6 Å². The molecule has 9 nitrogen and oxygen atoms in total. The molecule has 0 radical (unpaired) electrons. The van der Waals surface area contributed by atoms with Gasteiger partial charge in [0.1, 0.15) is 5.56 Å². The summed E-state index contributed by atoms with van der Waals surface area (Å²) in [6, 6.07) is 12.0. The molecule has 0 unspecified atom stereocenters. The molecule has 1 aromatic heterocycles. The van der Waals surface area contributed by atoms with Crippen molar-refractivity contribution in [2.75, 3.05) is 26.2 Å². The molecule has 31 heavy (non-hydrogen) atoms. The number of nitrogens with zero attached hydrogens (tertiary/aromatic N) is 5. The van der Waals surface area contributed by atoms with Crippen molar-refractivity contribution in [3.8, 4) is 11.4 Å². The van der Waals surface area contributed by atoms with Crippen LogP contribution in [0.3, 0.4) is 0 Å². The van der Waals surface area contributed by atoms with Crippen molar-refractivity contribution in [2.45, 2.75) is 13.5 Å². The van der Waals surface area contributed by atoms with E-state index >= 15 is 0 Å². The van der Waals surface area contributed by atoms with E-state index < -0.39 is 4.92 Å². The Morgan fingerprint density at radius 3 is 2.55 bits per heavy atom. The van der Waals surface area contributed by atoms with Crippen LogP contribution < -0.4 is 0 Å². The third-order valence-electron chi connectivity index (χ3n) is 5.24. The van der Waals surface area contributed by atoms with Crippen LogP contribution in [0.4, 0.5) is 5.69 Å². The Labute approximate surface area is 183 Å². The minimum Gasteiger partial charge on any atom is -0.338 e. The smallest absolute Gasteiger partial charge is 0.285 e. The van der Waals surface area contributed by atoms with Gasteiger partial charge in [0.15, 0.2) is 0 Å². The van der Waals surface area contributed by atoms with E-state index in [-0.39, 0.29) is 17.2 Å². The summed E-state index contributed by atoms with van der Waals surface area (Å²) in [5, 5.41) is 16.1. The topological polar surface area (TPSA) is 106 Å². The minimum atomic E-state index is -0.493. The predicted molar refractivity (Wildman–Crippen MR) is 114 cm³/mol. The SMILES string of the molecule is Cc1cccc(C(=O)N2CCN(Cc3nc(-c4ccc(Cl)cc4)no3)CC2)c1[N+](=O)[O-]. The first-order valence-corrected chi connectivity index (χ1v) is 10.1. The van der Waals surface area contributed by atoms with Gasteiger partial charge in [0, 0.05) is 42.3 Å². The second-order valence-corrected chi connectivity index (χ2v) is 7.75. The average molecular weight is 442 g/mol. The Balaban J connectivity index is 1.37. The molecule has 1 fully saturated rings. The number of rotatable bonds is 5. The number of carbonyl (C=O) groups is 1. The maximum Gasteiger partial charge on any atom is 0.285 e. The van der Waals surface area contributed by atoms with Gasteiger partial charge in [-0.1, -0.05) is 28.9 Å². The number of aromatic nitrogens is 2. The third kappa shape index (κ3) is 4.57. The Kier molecular flexibility index (Phi) is 5.97. The summed E-state index contributed by atoms with van der Waals surface area (Å²) in [4.78, 5) is 32.0. The van der Waals surface area contributed by atoms with Gasteiger partial charge in [-0.15, -0.1) is 0 Å². The summed E-state index contributed by atoms with van der Waals surface area (Å²) in [7, 11) is 0. The Morgan fingerprint density at radius 2 is 1.87 bits per heavy atom. The number of para-hydroxylation sites is 1. The zero-order valence-corrected chi connectivity index (χ0v) is 17.6. The van der Waals surface area contributed by atoms with Crippen molar-refractivity contribution in [1.82, 2.24) is 19.9 Å². The first-order chi connectivity index (χ1) is 14.9. The molecule has 160 valence electrons. The first kappa shape index (κ1) is 21.0. The molecule has 4 rings (SSSR count). The van der Waals surface area contributed by atoms with Crippen molar-refractivity contribution in [2.24, 2.45) is 0 Å². The summed E-state index contributed by atoms with van der Waals surface area (Å²) < 4.78 is 5.36. The van der Waals surface area contributed by atoms with Crippen molar-refractivity contribution >= 4 is 23.2 Å². The molecular formula is C21H20ClN5O4. The number of amides is 1. The van der Waals surface area contributed by atoms with Crippen molar-refractivity contribution < 1.29 is 14.2 Å². The van der Waals surface area contributed by atoms with E-state index in [2.05, 4.69) is 15.0 Å². The second kappa shape index (κ2) is 8.83. The molecule has 0 aliphatic carbocycles. The lowest BCUT2D eigenvalue weighted by atomic mass is 10.1. The van der Waals surface area contributed by atoms with Gasteiger partial charge in [-0.3, -0.25) is 19.8 Å². The molecule has 1 aliphatic heterocycles. The predicted octanol–water partition coefficient (Wildman–Crippen LogP) is 3.56. The summed E-state index contributed by atoms with van der Waals surface area (Å²) in [5.74, 6) is 0.657. The van der Waals surface area contributed by atoms with Gasteiger partial charge in [-0.2, -0.15) is 4.98 Å². The number of piperazine rings is 1. The van der Waals surface area contributed by atoms with E-state index in [1.54, 1.807) is 36.1 Å². The number of nitro benzene ring substituents is 1. The van der Waals surface area contributed by atoms with Gasteiger partial charge < -0.3 is 9.42 Å². The minimum absolute atomic E-state index is 0.128. The van der Waals surface area contributed by atoms with Gasteiger partial charge in [0.25, 0.3) is 11.6 Å². The standard InChI is InChI=1S/C21H20ClN5O4/c1-14-3-2-4-17(19(14)27(29)30)21(28)26-11-9-25(10-12-26)13-18-23-20(24-31-18)15-5-7-16(22)8-6-15/h2-8H,9-13H2,1H3. The van der Waals surface area contributed by atoms with E-state index in [0.717, 1.165) is 5.56 Å². The molecule has 10 heteroatoms. The van der Waals surface area contributed by atoms with Crippen molar-refractivity contribution in [3.63, 3.8) is 0 Å². The number of halogens is 1. The third-order valence-corrected chi connectivity index (χ3v) is 5.49. The van der Waals surface area contributed by atoms with E-state index in [1.807, 2.05) is 12.1 Å². The van der Waals surface area contributed by atoms with Crippen molar-refractivity contribution in [3.05, 3.63) is 74.6 Å². The normalized spacial score (nSPS) is 14.6. The van der Waals surface area contributed by atoms with Gasteiger partial charge in [-0.25, -0.2) is 0 Å². The Hall–Kier alpha value is -3.30. The van der Waals surface area contributed by atoms with Gasteiger partial charge in [-0.05, 0) is 37.3 Å². The quantitative estimate of drug-likeness (QED) is 0.440. The van der Waals surface area contributed by atoms with Crippen LogP contribution in [-0.2, 0) is 6.54 Å². The lowest BCUT2D eigenvalue weighted by Gasteiger charge is -2.33. The summed E-state index contributed by atoms with van der Waals surface area (Å²) >= 11 is 5.91. The Morgan fingerprint density at radius 1 is 1.16 bits per heavy atom. The fourth-order valence-electron chi connectivity index (χ4n) is 3.58. The maximum atomic E-state index is 12.9. The highest BCUT2D eigenvalue weighted by atomic mass is 35.5. The molecule has 0 saturated carbocycles. The summed E-state index contributed by atoms with van der Waals surface area (Å²) in [6.07, 6.45) is 0. The zero-order chi connectivity index (χ0) is 22.0. The summed E-state index contributed by atoms with van der Waals surface area (Å²) in [6.45, 7) is 4.22. The van der Waals surface area contributed by atoms with Gasteiger partial charge in [0.05, 0.1) is 11.5 Å². The molecule has 1 amide bonds. The largest absolute Gasteiger partial charge is 0.338 e. The molecule has 1 aliphatic rings. The van der Waals surface area contributed by atoms with Crippen LogP contribution in [0.5, 0.6) is 0 Å². The highest BCUT2D eigenvalue weighted by Crippen LogP contribution is 2.25. The van der Waals surface area contributed by atoms with Crippen molar-refractivity contribution in [1.29, 1.82) is 0 Å². The number of hydrogen-bond donors (Lipinski definition) is 0. The number of aryl methyl sites for hydroxylation is 1. The average Bonchev–Trinajstić information content (AvgIpc) is 3.22. The Bertz CT molecular complexity index is 1110. The van der Waals surface area contributed by atoms with Crippen LogP contribution in [0.25, 0.3) is 11.4 Å². The number of carbonyl (C=O) groups excluding carboxylic acids is 1. The van der Waals surface area contributed by atoms with Crippen LogP contribution in [-0.4, -0.2) is 56.9 Å². The molecular weight excluding hydrogens is 422 g/mol. The van der Waals surface area contributed by atoms with Gasteiger partial charge in [0.2, 0.25) is 11.7 Å². The fraction of sp³-hybridized carbons (Fsp3) is 0.286. The number of hydrogen-bond acceptors (Lipinski definition) is 7. The van der Waals surface area contributed by atoms with Crippen LogP contribution in [0.1, 0.15) is 21.8 Å². The van der Waals surface area contributed by atoms with E-state index in [0.29, 0.717) is 55.0 Å². The van der Waals surface area contributed by atoms with Crippen LogP contribution in [0, 0.1) is 17.0 Å². The van der Waals surface area contributed by atoms with Gasteiger partial charge >= 0.3 is 0 Å². The van der Waals surface area contributed by atoms with E-state index in [4.69, 9.17) is 16.1 Å². The monoisotopic (exact) mass is 441 g/mol. The molecule has 0 spiro atoms. The summed E-state index contributed by atoms with van der Waals surface area (Å²) in [5.41, 5.74) is 1.29. The number of nitro groups is 1. The molecule has 0 bridgehead atoms. The molecule has 0 N–H and O–H groups in total. The molecule has 0 atom stereocenters. The van der Waals surface area contributed by atoms with E-state index in [9.17, 15) is 14.9 Å². The second-order valence-electron chi connectivity index (χ2n) is 7.32. The maximum absolute atomic E-state index is 12.9. The highest BCUT2D eigenvalue weighted by molar-refractivity contribution is 6.30. The lowest BCUT2D eigenvalue weighted by Crippen LogP contribution is -2.48. The van der Waals surface area contributed by atoms with Crippen LogP contribution in [0.2, 0.25) is 5.02 Å². The molecule has 2 heterocycles. The van der Waals surface area contributed by atoms with Crippen LogP contribution in [0.15, 0.2) is 47.0 Å². The van der Waals surface area contributed by atoms with E-state index in [1.165, 1.54) is 6.07 Å². The highest BCUT2D eigenvalue weighted by Gasteiger charge is 2.29. The molecule has 2 aromatic carbocycles. The zero-order valence-electron chi connectivity index (χ0n) is 16.8. The fourth-order valence-corrected chi connectivity index (χ4v) is 3.71. The lowest BCUT2D eigenvalue weighted by molar-refractivity contribution is -0.385. The molecule has 1 saturated heterocycles.